The first-order valence-corrected chi connectivity index (χ1v) is 8.10. The maximum atomic E-state index is 6.44. The van der Waals surface area contributed by atoms with Gasteiger partial charge in [-0.3, -0.25) is 4.98 Å². The molecule has 1 heterocycles. The number of nitrogens with zero attached hydrogens (tertiary/aromatic N) is 1. The third-order valence-electron chi connectivity index (χ3n) is 4.26. The lowest BCUT2D eigenvalue weighted by Gasteiger charge is -2.26. The van der Waals surface area contributed by atoms with Crippen LogP contribution in [-0.2, 0) is 6.42 Å². The van der Waals surface area contributed by atoms with E-state index in [-0.39, 0.29) is 6.04 Å². The minimum absolute atomic E-state index is 0.245. The minimum atomic E-state index is 0.245. The van der Waals surface area contributed by atoms with Crippen LogP contribution in [0.2, 0.25) is 5.02 Å². The van der Waals surface area contributed by atoms with Crippen LogP contribution in [0, 0.1) is 0 Å². The van der Waals surface area contributed by atoms with Crippen LogP contribution in [0.4, 0.5) is 0 Å². The molecule has 3 heteroatoms. The highest BCUT2D eigenvalue weighted by Crippen LogP contribution is 2.42. The number of halogens is 1. The van der Waals surface area contributed by atoms with E-state index >= 15 is 0 Å². The Hall–Kier alpha value is -1.38. The molecule has 2 atom stereocenters. The Balaban J connectivity index is 1.96. The van der Waals surface area contributed by atoms with Gasteiger partial charge in [-0.05, 0) is 49.1 Å². The van der Waals surface area contributed by atoms with E-state index in [4.69, 9.17) is 11.6 Å². The molecule has 0 saturated carbocycles. The number of aromatic nitrogens is 1. The molecule has 0 saturated heterocycles. The normalized spacial score (nSPS) is 18.5. The monoisotopic (exact) mass is 300 g/mol. The summed E-state index contributed by atoms with van der Waals surface area (Å²) in [6.07, 6.45) is 5.27. The van der Waals surface area contributed by atoms with E-state index in [1.807, 2.05) is 24.4 Å². The Morgan fingerprint density at radius 3 is 2.95 bits per heavy atom. The second-order valence-corrected chi connectivity index (χ2v) is 6.05. The van der Waals surface area contributed by atoms with Crippen LogP contribution in [0.3, 0.4) is 0 Å². The number of hydrogen-bond acceptors (Lipinski definition) is 2. The summed E-state index contributed by atoms with van der Waals surface area (Å²) in [7, 11) is 0. The predicted molar refractivity (Wildman–Crippen MR) is 87.8 cm³/mol. The number of hydrogen-bond donors (Lipinski definition) is 1. The molecule has 2 aromatic rings. The van der Waals surface area contributed by atoms with Crippen molar-refractivity contribution in [3.05, 3.63) is 64.4 Å². The molecule has 21 heavy (non-hydrogen) atoms. The molecule has 0 radical (unpaired) electrons. The zero-order chi connectivity index (χ0) is 14.7. The van der Waals surface area contributed by atoms with Crippen LogP contribution < -0.4 is 5.32 Å². The molecule has 0 aliphatic heterocycles. The fraction of sp³-hybridized carbons (Fsp3) is 0.389. The van der Waals surface area contributed by atoms with Crippen LogP contribution in [0.1, 0.15) is 48.5 Å². The molecule has 110 valence electrons. The molecule has 1 aliphatic carbocycles. The smallest absolute Gasteiger partial charge is 0.0485 e. The summed E-state index contributed by atoms with van der Waals surface area (Å²) >= 11 is 6.44. The quantitative estimate of drug-likeness (QED) is 0.879. The number of aryl methyl sites for hydroxylation is 1. The van der Waals surface area contributed by atoms with Crippen LogP contribution in [-0.4, -0.2) is 11.5 Å². The van der Waals surface area contributed by atoms with Gasteiger partial charge in [-0.2, -0.15) is 0 Å². The minimum Gasteiger partial charge on any atom is -0.309 e. The molecule has 0 amide bonds. The average Bonchev–Trinajstić information content (AvgIpc) is 2.93. The summed E-state index contributed by atoms with van der Waals surface area (Å²) in [5.74, 6) is 0.410. The Bertz CT molecular complexity index is 612. The van der Waals surface area contributed by atoms with E-state index in [0.29, 0.717) is 5.92 Å². The maximum absolute atomic E-state index is 6.44. The predicted octanol–water partition coefficient (Wildman–Crippen LogP) is 4.51. The molecule has 0 bridgehead atoms. The maximum Gasteiger partial charge on any atom is 0.0485 e. The SMILES string of the molecule is CCCNC(c1ccccc1Cl)C1CCc2cccnc21. The standard InChI is InChI=1S/C18H21ClN2/c1-2-11-20-18(14-7-3-4-8-16(14)19)15-10-9-13-6-5-12-21-17(13)15/h3-8,12,15,18,20H,2,9-11H2,1H3. The third kappa shape index (κ3) is 2.97. The van der Waals surface area contributed by atoms with Crippen molar-refractivity contribution in [3.63, 3.8) is 0 Å². The molecule has 0 fully saturated rings. The van der Waals surface area contributed by atoms with Gasteiger partial charge in [-0.25, -0.2) is 0 Å². The zero-order valence-electron chi connectivity index (χ0n) is 12.3. The number of fused-ring (bicyclic) bond motifs is 1. The fourth-order valence-electron chi connectivity index (χ4n) is 3.26. The van der Waals surface area contributed by atoms with Gasteiger partial charge in [0.1, 0.15) is 0 Å². The van der Waals surface area contributed by atoms with Gasteiger partial charge in [0.25, 0.3) is 0 Å². The Morgan fingerprint density at radius 2 is 2.14 bits per heavy atom. The van der Waals surface area contributed by atoms with E-state index in [1.54, 1.807) is 0 Å². The summed E-state index contributed by atoms with van der Waals surface area (Å²) < 4.78 is 0. The lowest BCUT2D eigenvalue weighted by molar-refractivity contribution is 0.437. The summed E-state index contributed by atoms with van der Waals surface area (Å²) in [6.45, 7) is 3.19. The van der Waals surface area contributed by atoms with E-state index < -0.39 is 0 Å². The van der Waals surface area contributed by atoms with Gasteiger partial charge < -0.3 is 5.32 Å². The number of rotatable bonds is 5. The summed E-state index contributed by atoms with van der Waals surface area (Å²) in [4.78, 5) is 4.64. The van der Waals surface area contributed by atoms with Crippen molar-refractivity contribution >= 4 is 11.6 Å². The molecule has 2 unspecified atom stereocenters. The van der Waals surface area contributed by atoms with E-state index in [2.05, 4.69) is 35.4 Å². The highest BCUT2D eigenvalue weighted by atomic mass is 35.5. The zero-order valence-corrected chi connectivity index (χ0v) is 13.1. The number of pyridine rings is 1. The lowest BCUT2D eigenvalue weighted by atomic mass is 9.90. The fourth-order valence-corrected chi connectivity index (χ4v) is 3.52. The molecular weight excluding hydrogens is 280 g/mol. The van der Waals surface area contributed by atoms with Gasteiger partial charge in [-0.1, -0.05) is 42.8 Å². The van der Waals surface area contributed by atoms with Crippen molar-refractivity contribution in [3.8, 4) is 0 Å². The van der Waals surface area contributed by atoms with Crippen molar-refractivity contribution in [2.75, 3.05) is 6.54 Å². The van der Waals surface area contributed by atoms with Crippen molar-refractivity contribution in [1.82, 2.24) is 10.3 Å². The van der Waals surface area contributed by atoms with Crippen molar-refractivity contribution in [2.45, 2.75) is 38.1 Å². The van der Waals surface area contributed by atoms with Crippen molar-refractivity contribution in [1.29, 1.82) is 0 Å². The lowest BCUT2D eigenvalue weighted by Crippen LogP contribution is -2.27. The molecule has 0 spiro atoms. The summed E-state index contributed by atoms with van der Waals surface area (Å²) in [6, 6.07) is 12.6. The van der Waals surface area contributed by atoms with Gasteiger partial charge >= 0.3 is 0 Å². The third-order valence-corrected chi connectivity index (χ3v) is 4.60. The van der Waals surface area contributed by atoms with Gasteiger partial charge in [-0.15, -0.1) is 0 Å². The summed E-state index contributed by atoms with van der Waals surface area (Å²) in [5, 5.41) is 4.53. The second kappa shape index (κ2) is 6.59. The van der Waals surface area contributed by atoms with Gasteiger partial charge in [0.15, 0.2) is 0 Å². The second-order valence-electron chi connectivity index (χ2n) is 5.65. The topological polar surface area (TPSA) is 24.9 Å². The van der Waals surface area contributed by atoms with Crippen molar-refractivity contribution < 1.29 is 0 Å². The Kier molecular flexibility index (Phi) is 4.57. The first-order valence-electron chi connectivity index (χ1n) is 7.73. The molecule has 1 aliphatic rings. The van der Waals surface area contributed by atoms with Crippen molar-refractivity contribution in [2.24, 2.45) is 0 Å². The first kappa shape index (κ1) is 14.6. The van der Waals surface area contributed by atoms with Crippen LogP contribution >= 0.6 is 11.6 Å². The first-order chi connectivity index (χ1) is 10.3. The van der Waals surface area contributed by atoms with Crippen LogP contribution in [0.15, 0.2) is 42.6 Å². The highest BCUT2D eigenvalue weighted by molar-refractivity contribution is 6.31. The Labute approximate surface area is 131 Å². The highest BCUT2D eigenvalue weighted by Gasteiger charge is 2.32. The molecule has 1 aromatic carbocycles. The summed E-state index contributed by atoms with van der Waals surface area (Å²) in [5.41, 5.74) is 3.82. The van der Waals surface area contributed by atoms with E-state index in [1.165, 1.54) is 16.8 Å². The van der Waals surface area contributed by atoms with Gasteiger partial charge in [0, 0.05) is 28.9 Å². The van der Waals surface area contributed by atoms with E-state index in [0.717, 1.165) is 30.8 Å². The number of nitrogens with one attached hydrogen (secondary N) is 1. The number of benzene rings is 1. The Morgan fingerprint density at radius 1 is 1.29 bits per heavy atom. The van der Waals surface area contributed by atoms with Crippen LogP contribution in [0.25, 0.3) is 0 Å². The van der Waals surface area contributed by atoms with E-state index in [9.17, 15) is 0 Å². The molecular formula is C18H21ClN2. The molecule has 1 aromatic heterocycles. The van der Waals surface area contributed by atoms with Crippen LogP contribution in [0.5, 0.6) is 0 Å². The van der Waals surface area contributed by atoms with Gasteiger partial charge in [0.05, 0.1) is 0 Å². The molecule has 1 N–H and O–H groups in total. The molecule has 3 rings (SSSR count). The largest absolute Gasteiger partial charge is 0.309 e. The average molecular weight is 301 g/mol. The van der Waals surface area contributed by atoms with Gasteiger partial charge in [0.2, 0.25) is 0 Å². The molecule has 2 nitrogen and oxygen atoms in total.